The lowest BCUT2D eigenvalue weighted by Gasteiger charge is -2.27. The van der Waals surface area contributed by atoms with Crippen molar-refractivity contribution in [1.29, 1.82) is 0 Å². The van der Waals surface area contributed by atoms with Gasteiger partial charge in [-0.05, 0) is 43.2 Å². The average Bonchev–Trinajstić information content (AvgIpc) is 3.22. The molecular formula is C22H27F2NO4. The number of hydrogen-bond donors (Lipinski definition) is 1. The lowest BCUT2D eigenvalue weighted by molar-refractivity contribution is 0.0309. The molecule has 29 heavy (non-hydrogen) atoms. The van der Waals surface area contributed by atoms with E-state index >= 15 is 0 Å². The zero-order valence-corrected chi connectivity index (χ0v) is 16.5. The van der Waals surface area contributed by atoms with Crippen molar-refractivity contribution in [3.8, 4) is 11.5 Å². The fraction of sp³-hybridized carbons (Fsp3) is 0.455. The van der Waals surface area contributed by atoms with Crippen LogP contribution in [0.25, 0.3) is 0 Å². The van der Waals surface area contributed by atoms with E-state index in [9.17, 15) is 13.9 Å². The van der Waals surface area contributed by atoms with Crippen molar-refractivity contribution < 1.29 is 28.1 Å². The summed E-state index contributed by atoms with van der Waals surface area (Å²) in [6.45, 7) is 1.92. The van der Waals surface area contributed by atoms with Gasteiger partial charge in [0.05, 0.1) is 13.2 Å². The first-order chi connectivity index (χ1) is 14.0. The van der Waals surface area contributed by atoms with E-state index < -0.39 is 17.7 Å². The molecule has 0 radical (unpaired) electrons. The summed E-state index contributed by atoms with van der Waals surface area (Å²) in [5.41, 5.74) is 0.382. The Kier molecular flexibility index (Phi) is 7.80. The monoisotopic (exact) mass is 407 g/mol. The molecule has 0 spiro atoms. The van der Waals surface area contributed by atoms with Crippen LogP contribution >= 0.6 is 0 Å². The third-order valence-electron chi connectivity index (χ3n) is 4.87. The molecule has 158 valence electrons. The standard InChI is InChI=1S/C22H27F2NO4/c1-27-19-6-8-20(9-7-19)29-15-18(26)13-25(14-21-3-2-10-28-21)12-16-4-5-17(23)11-22(16)24/h4-9,11,18,21,26H,2-3,10,12-15H2,1H3/t18-,21+/m0/s1. The van der Waals surface area contributed by atoms with E-state index in [0.29, 0.717) is 24.5 Å². The molecular weight excluding hydrogens is 380 g/mol. The molecule has 0 bridgehead atoms. The summed E-state index contributed by atoms with van der Waals surface area (Å²) in [5, 5.41) is 10.5. The van der Waals surface area contributed by atoms with Gasteiger partial charge in [0.1, 0.15) is 35.8 Å². The molecule has 0 amide bonds. The SMILES string of the molecule is COc1ccc(OC[C@@H](O)CN(Cc2ccc(F)cc2F)C[C@H]2CCCO2)cc1. The van der Waals surface area contributed by atoms with Gasteiger partial charge in [0.15, 0.2) is 0 Å². The Labute approximate surface area is 169 Å². The van der Waals surface area contributed by atoms with Crippen molar-refractivity contribution in [2.24, 2.45) is 0 Å². The normalized spacial score (nSPS) is 17.5. The van der Waals surface area contributed by atoms with E-state index in [-0.39, 0.29) is 25.8 Å². The molecule has 0 unspecified atom stereocenters. The van der Waals surface area contributed by atoms with Crippen LogP contribution in [0.2, 0.25) is 0 Å². The van der Waals surface area contributed by atoms with Crippen molar-refractivity contribution in [2.45, 2.75) is 31.6 Å². The first-order valence-electron chi connectivity index (χ1n) is 9.76. The highest BCUT2D eigenvalue weighted by Gasteiger charge is 2.22. The van der Waals surface area contributed by atoms with Gasteiger partial charge in [-0.2, -0.15) is 0 Å². The molecule has 3 rings (SSSR count). The zero-order chi connectivity index (χ0) is 20.6. The third-order valence-corrected chi connectivity index (χ3v) is 4.87. The highest BCUT2D eigenvalue weighted by molar-refractivity contribution is 5.31. The van der Waals surface area contributed by atoms with Crippen LogP contribution in [-0.2, 0) is 11.3 Å². The zero-order valence-electron chi connectivity index (χ0n) is 16.5. The maximum atomic E-state index is 14.1. The van der Waals surface area contributed by atoms with Crippen molar-refractivity contribution in [1.82, 2.24) is 4.90 Å². The number of ether oxygens (including phenoxy) is 3. The smallest absolute Gasteiger partial charge is 0.130 e. The summed E-state index contributed by atoms with van der Waals surface area (Å²) in [6.07, 6.45) is 1.20. The minimum absolute atomic E-state index is 0.0493. The first kappa shape index (κ1) is 21.5. The van der Waals surface area contributed by atoms with Crippen LogP contribution in [0.3, 0.4) is 0 Å². The topological polar surface area (TPSA) is 51.2 Å². The minimum Gasteiger partial charge on any atom is -0.497 e. The maximum absolute atomic E-state index is 14.1. The number of benzene rings is 2. The number of aliphatic hydroxyl groups excluding tert-OH is 1. The molecule has 5 nitrogen and oxygen atoms in total. The van der Waals surface area contributed by atoms with Crippen LogP contribution in [0, 0.1) is 11.6 Å². The van der Waals surface area contributed by atoms with Crippen LogP contribution in [0.5, 0.6) is 11.5 Å². The first-order valence-corrected chi connectivity index (χ1v) is 9.76. The summed E-state index contributed by atoms with van der Waals surface area (Å²) in [5.74, 6) is 0.151. The van der Waals surface area contributed by atoms with Crippen molar-refractivity contribution in [3.63, 3.8) is 0 Å². The summed E-state index contributed by atoms with van der Waals surface area (Å²) in [7, 11) is 1.59. The van der Waals surface area contributed by atoms with E-state index in [1.54, 1.807) is 31.4 Å². The second-order valence-corrected chi connectivity index (χ2v) is 7.21. The molecule has 0 aromatic heterocycles. The molecule has 1 saturated heterocycles. The second kappa shape index (κ2) is 10.5. The molecule has 7 heteroatoms. The van der Waals surface area contributed by atoms with Gasteiger partial charge in [0.25, 0.3) is 0 Å². The molecule has 0 saturated carbocycles. The van der Waals surface area contributed by atoms with Gasteiger partial charge in [0, 0.05) is 37.9 Å². The number of hydrogen-bond acceptors (Lipinski definition) is 5. The van der Waals surface area contributed by atoms with E-state index in [1.165, 1.54) is 12.1 Å². The van der Waals surface area contributed by atoms with Gasteiger partial charge in [-0.15, -0.1) is 0 Å². The molecule has 1 aliphatic heterocycles. The maximum Gasteiger partial charge on any atom is 0.130 e. The predicted octanol–water partition coefficient (Wildman–Crippen LogP) is 3.39. The molecule has 2 aromatic carbocycles. The quantitative estimate of drug-likeness (QED) is 0.654. The predicted molar refractivity (Wildman–Crippen MR) is 105 cm³/mol. The van der Waals surface area contributed by atoms with Crippen molar-refractivity contribution in [2.75, 3.05) is 33.4 Å². The number of halogens is 2. The highest BCUT2D eigenvalue weighted by atomic mass is 19.1. The van der Waals surface area contributed by atoms with Crippen LogP contribution in [0.1, 0.15) is 18.4 Å². The van der Waals surface area contributed by atoms with Gasteiger partial charge >= 0.3 is 0 Å². The van der Waals surface area contributed by atoms with Crippen LogP contribution in [0.15, 0.2) is 42.5 Å². The summed E-state index contributed by atoms with van der Waals surface area (Å²) >= 11 is 0. The molecule has 1 heterocycles. The van der Waals surface area contributed by atoms with Crippen LogP contribution in [-0.4, -0.2) is 55.6 Å². The van der Waals surface area contributed by atoms with Gasteiger partial charge in [-0.1, -0.05) is 6.07 Å². The van der Waals surface area contributed by atoms with Crippen LogP contribution < -0.4 is 9.47 Å². The highest BCUT2D eigenvalue weighted by Crippen LogP contribution is 2.19. The Morgan fingerprint density at radius 2 is 1.93 bits per heavy atom. The Bertz CT molecular complexity index is 766. The second-order valence-electron chi connectivity index (χ2n) is 7.21. The molecule has 1 N–H and O–H groups in total. The van der Waals surface area contributed by atoms with E-state index in [4.69, 9.17) is 14.2 Å². The van der Waals surface area contributed by atoms with Crippen LogP contribution in [0.4, 0.5) is 8.78 Å². The summed E-state index contributed by atoms with van der Waals surface area (Å²) < 4.78 is 43.7. The van der Waals surface area contributed by atoms with E-state index in [1.807, 2.05) is 4.90 Å². The average molecular weight is 407 g/mol. The summed E-state index contributed by atoms with van der Waals surface area (Å²) in [6, 6.07) is 10.7. The lowest BCUT2D eigenvalue weighted by Crippen LogP contribution is -2.39. The fourth-order valence-electron chi connectivity index (χ4n) is 3.39. The van der Waals surface area contributed by atoms with Crippen molar-refractivity contribution in [3.05, 3.63) is 59.7 Å². The Balaban J connectivity index is 1.58. The number of aliphatic hydroxyl groups is 1. The molecule has 0 aliphatic carbocycles. The van der Waals surface area contributed by atoms with Gasteiger partial charge in [-0.25, -0.2) is 8.78 Å². The largest absolute Gasteiger partial charge is 0.497 e. The minimum atomic E-state index is -0.776. The van der Waals surface area contributed by atoms with E-state index in [2.05, 4.69) is 0 Å². The number of nitrogens with zero attached hydrogens (tertiary/aromatic N) is 1. The van der Waals surface area contributed by atoms with Gasteiger partial charge in [0.2, 0.25) is 0 Å². The number of methoxy groups -OCH3 is 1. The van der Waals surface area contributed by atoms with Gasteiger partial charge in [-0.3, -0.25) is 4.90 Å². The van der Waals surface area contributed by atoms with Gasteiger partial charge < -0.3 is 19.3 Å². The third kappa shape index (κ3) is 6.66. The molecule has 1 fully saturated rings. The fourth-order valence-corrected chi connectivity index (χ4v) is 3.39. The Morgan fingerprint density at radius 3 is 2.59 bits per heavy atom. The number of rotatable bonds is 10. The molecule has 1 aliphatic rings. The molecule has 2 atom stereocenters. The van der Waals surface area contributed by atoms with Crippen molar-refractivity contribution >= 4 is 0 Å². The van der Waals surface area contributed by atoms with E-state index in [0.717, 1.165) is 24.7 Å². The Morgan fingerprint density at radius 1 is 1.17 bits per heavy atom. The summed E-state index contributed by atoms with van der Waals surface area (Å²) in [4.78, 5) is 1.92. The lowest BCUT2D eigenvalue weighted by atomic mass is 10.1. The molecule has 2 aromatic rings. The Hall–Kier alpha value is -2.22.